The van der Waals surface area contributed by atoms with Crippen LogP contribution in [0.4, 0.5) is 5.69 Å². The van der Waals surface area contributed by atoms with Gasteiger partial charge in [-0.05, 0) is 56.1 Å². The van der Waals surface area contributed by atoms with Gasteiger partial charge in [0, 0.05) is 22.3 Å². The van der Waals surface area contributed by atoms with Crippen molar-refractivity contribution >= 4 is 49.1 Å². The summed E-state index contributed by atoms with van der Waals surface area (Å²) >= 11 is 12.6. The molecule has 2 N–H and O–H groups in total. The second kappa shape index (κ2) is 5.95. The first-order chi connectivity index (χ1) is 8.58. The number of phenols is 1. The van der Waals surface area contributed by atoms with E-state index >= 15 is 0 Å². The van der Waals surface area contributed by atoms with E-state index in [1.807, 2.05) is 30.3 Å². The normalized spacial score (nSPS) is 10.4. The standard InChI is InChI=1S/C13H10Br2ClNO/c14-10-3-1-2-8(13(10)18)7-17-9-4-5-12(16)11(15)6-9/h1-6,17-18H,7H2. The molecule has 0 bridgehead atoms. The minimum Gasteiger partial charge on any atom is -0.506 e. The van der Waals surface area contributed by atoms with Crippen LogP contribution in [0.25, 0.3) is 0 Å². The van der Waals surface area contributed by atoms with Crippen molar-refractivity contribution in [3.8, 4) is 5.75 Å². The van der Waals surface area contributed by atoms with Gasteiger partial charge in [0.05, 0.1) is 9.50 Å². The molecule has 2 rings (SSSR count). The maximum Gasteiger partial charge on any atom is 0.134 e. The fourth-order valence-electron chi connectivity index (χ4n) is 1.51. The Kier molecular flexibility index (Phi) is 4.54. The number of rotatable bonds is 3. The van der Waals surface area contributed by atoms with E-state index in [0.29, 0.717) is 16.0 Å². The smallest absolute Gasteiger partial charge is 0.134 e. The molecule has 0 aliphatic heterocycles. The van der Waals surface area contributed by atoms with Crippen LogP contribution in [0.5, 0.6) is 5.75 Å². The quantitative estimate of drug-likeness (QED) is 0.755. The van der Waals surface area contributed by atoms with E-state index in [4.69, 9.17) is 11.6 Å². The van der Waals surface area contributed by atoms with Gasteiger partial charge in [0.25, 0.3) is 0 Å². The number of para-hydroxylation sites is 1. The van der Waals surface area contributed by atoms with Crippen LogP contribution in [0.1, 0.15) is 5.56 Å². The predicted octanol–water partition coefficient (Wildman–Crippen LogP) is 5.18. The topological polar surface area (TPSA) is 32.3 Å². The van der Waals surface area contributed by atoms with Crippen LogP contribution in [-0.4, -0.2) is 5.11 Å². The summed E-state index contributed by atoms with van der Waals surface area (Å²) in [4.78, 5) is 0. The van der Waals surface area contributed by atoms with E-state index in [1.165, 1.54) is 0 Å². The third-order valence-electron chi connectivity index (χ3n) is 2.47. The Morgan fingerprint density at radius 3 is 2.61 bits per heavy atom. The van der Waals surface area contributed by atoms with Crippen molar-refractivity contribution in [1.82, 2.24) is 0 Å². The second-order valence-electron chi connectivity index (χ2n) is 3.73. The monoisotopic (exact) mass is 389 g/mol. The number of halogens is 3. The van der Waals surface area contributed by atoms with Crippen LogP contribution in [0, 0.1) is 0 Å². The number of hydrogen-bond donors (Lipinski definition) is 2. The first-order valence-corrected chi connectivity index (χ1v) is 7.19. The van der Waals surface area contributed by atoms with Gasteiger partial charge in [-0.1, -0.05) is 23.7 Å². The number of nitrogens with one attached hydrogen (secondary N) is 1. The molecular weight excluding hydrogens is 381 g/mol. The molecule has 5 heteroatoms. The van der Waals surface area contributed by atoms with Crippen LogP contribution < -0.4 is 5.32 Å². The average molecular weight is 391 g/mol. The van der Waals surface area contributed by atoms with Gasteiger partial charge in [-0.3, -0.25) is 0 Å². The lowest BCUT2D eigenvalue weighted by Gasteiger charge is -2.10. The minimum absolute atomic E-state index is 0.262. The van der Waals surface area contributed by atoms with E-state index in [2.05, 4.69) is 37.2 Å². The first-order valence-electron chi connectivity index (χ1n) is 5.23. The lowest BCUT2D eigenvalue weighted by Crippen LogP contribution is -1.99. The molecule has 94 valence electrons. The van der Waals surface area contributed by atoms with Crippen LogP contribution >= 0.6 is 43.5 Å². The third-order valence-corrected chi connectivity index (χ3v) is 4.33. The van der Waals surface area contributed by atoms with Gasteiger partial charge in [-0.2, -0.15) is 0 Å². The van der Waals surface area contributed by atoms with Gasteiger partial charge in [-0.25, -0.2) is 0 Å². The Bertz CT molecular complexity index is 575. The van der Waals surface area contributed by atoms with E-state index in [-0.39, 0.29) is 5.75 Å². The molecule has 2 aromatic rings. The van der Waals surface area contributed by atoms with E-state index in [9.17, 15) is 5.11 Å². The molecule has 0 fully saturated rings. The Labute approximate surface area is 127 Å². The van der Waals surface area contributed by atoms with Gasteiger partial charge >= 0.3 is 0 Å². The summed E-state index contributed by atoms with van der Waals surface area (Å²) in [6, 6.07) is 11.2. The van der Waals surface area contributed by atoms with Gasteiger partial charge in [0.2, 0.25) is 0 Å². The molecule has 2 nitrogen and oxygen atoms in total. The fraction of sp³-hybridized carbons (Fsp3) is 0.0769. The molecule has 0 aromatic heterocycles. The number of hydrogen-bond acceptors (Lipinski definition) is 2. The maximum atomic E-state index is 9.86. The van der Waals surface area contributed by atoms with Gasteiger partial charge in [0.1, 0.15) is 5.75 Å². The van der Waals surface area contributed by atoms with Crippen molar-refractivity contribution in [3.05, 3.63) is 55.9 Å². The summed E-state index contributed by atoms with van der Waals surface area (Å²) in [5.74, 6) is 0.262. The predicted molar refractivity (Wildman–Crippen MR) is 82.3 cm³/mol. The highest BCUT2D eigenvalue weighted by molar-refractivity contribution is 9.10. The molecule has 0 radical (unpaired) electrons. The summed E-state index contributed by atoms with van der Waals surface area (Å²) in [5.41, 5.74) is 1.76. The van der Waals surface area contributed by atoms with Gasteiger partial charge in [-0.15, -0.1) is 0 Å². The highest BCUT2D eigenvalue weighted by atomic mass is 79.9. The van der Waals surface area contributed by atoms with E-state index in [1.54, 1.807) is 6.07 Å². The molecule has 0 aliphatic carbocycles. The van der Waals surface area contributed by atoms with Crippen molar-refractivity contribution in [2.75, 3.05) is 5.32 Å². The Hall–Kier alpha value is -0.710. The third kappa shape index (κ3) is 3.19. The zero-order chi connectivity index (χ0) is 13.1. The second-order valence-corrected chi connectivity index (χ2v) is 5.85. The van der Waals surface area contributed by atoms with Crippen LogP contribution in [0.2, 0.25) is 5.02 Å². The van der Waals surface area contributed by atoms with Crippen molar-refractivity contribution in [2.45, 2.75) is 6.54 Å². The Morgan fingerprint density at radius 2 is 1.89 bits per heavy atom. The number of aromatic hydroxyl groups is 1. The van der Waals surface area contributed by atoms with Crippen LogP contribution in [0.3, 0.4) is 0 Å². The van der Waals surface area contributed by atoms with Crippen LogP contribution in [0.15, 0.2) is 45.3 Å². The minimum atomic E-state index is 0.262. The molecule has 0 aliphatic rings. The molecule has 0 unspecified atom stereocenters. The molecule has 0 atom stereocenters. The van der Waals surface area contributed by atoms with Crippen molar-refractivity contribution in [1.29, 1.82) is 0 Å². The molecule has 18 heavy (non-hydrogen) atoms. The molecular formula is C13H10Br2ClNO. The first kappa shape index (κ1) is 13.7. The largest absolute Gasteiger partial charge is 0.506 e. The summed E-state index contributed by atoms with van der Waals surface area (Å²) in [5, 5.41) is 13.8. The summed E-state index contributed by atoms with van der Waals surface area (Å²) < 4.78 is 1.53. The van der Waals surface area contributed by atoms with Gasteiger partial charge in [0.15, 0.2) is 0 Å². The SMILES string of the molecule is Oc1c(Br)cccc1CNc1ccc(Cl)c(Br)c1. The van der Waals surface area contributed by atoms with E-state index in [0.717, 1.165) is 15.7 Å². The molecule has 0 amide bonds. The lowest BCUT2D eigenvalue weighted by molar-refractivity contribution is 0.465. The summed E-state index contributed by atoms with van der Waals surface area (Å²) in [6.45, 7) is 0.541. The molecule has 0 spiro atoms. The highest BCUT2D eigenvalue weighted by Gasteiger charge is 2.05. The average Bonchev–Trinajstić information content (AvgIpc) is 2.35. The number of phenolic OH excluding ortho intramolecular Hbond substituents is 1. The van der Waals surface area contributed by atoms with Crippen LogP contribution in [-0.2, 0) is 6.54 Å². The Balaban J connectivity index is 2.11. The fourth-order valence-corrected chi connectivity index (χ4v) is 2.41. The van der Waals surface area contributed by atoms with E-state index < -0.39 is 0 Å². The Morgan fingerprint density at radius 1 is 1.11 bits per heavy atom. The molecule has 0 heterocycles. The number of anilines is 1. The summed E-state index contributed by atoms with van der Waals surface area (Å²) in [7, 11) is 0. The molecule has 0 saturated heterocycles. The van der Waals surface area contributed by atoms with Crippen molar-refractivity contribution in [3.63, 3.8) is 0 Å². The lowest BCUT2D eigenvalue weighted by atomic mass is 10.2. The zero-order valence-corrected chi connectivity index (χ0v) is 13.2. The van der Waals surface area contributed by atoms with Crippen molar-refractivity contribution in [2.24, 2.45) is 0 Å². The maximum absolute atomic E-state index is 9.86. The van der Waals surface area contributed by atoms with Gasteiger partial charge < -0.3 is 10.4 Å². The van der Waals surface area contributed by atoms with Crippen molar-refractivity contribution < 1.29 is 5.11 Å². The highest BCUT2D eigenvalue weighted by Crippen LogP contribution is 2.29. The summed E-state index contributed by atoms with van der Waals surface area (Å²) in [6.07, 6.45) is 0. The molecule has 2 aromatic carbocycles. The molecule has 0 saturated carbocycles. The number of benzene rings is 2. The zero-order valence-electron chi connectivity index (χ0n) is 9.25.